The lowest BCUT2D eigenvalue weighted by atomic mass is 10.1. The third-order valence-corrected chi connectivity index (χ3v) is 5.57. The molecule has 4 rings (SSSR count). The molecule has 2 unspecified atom stereocenters. The molecule has 2 saturated heterocycles. The number of fused-ring (bicyclic) bond motifs is 2. The van der Waals surface area contributed by atoms with Crippen molar-refractivity contribution in [3.8, 4) is 5.75 Å². The van der Waals surface area contributed by atoms with E-state index in [2.05, 4.69) is 10.2 Å². The van der Waals surface area contributed by atoms with Gasteiger partial charge in [0.1, 0.15) is 12.4 Å². The van der Waals surface area contributed by atoms with Crippen molar-refractivity contribution in [3.63, 3.8) is 0 Å². The van der Waals surface area contributed by atoms with Gasteiger partial charge in [0, 0.05) is 23.7 Å². The van der Waals surface area contributed by atoms with Gasteiger partial charge >= 0.3 is 0 Å². The molecule has 0 aromatic heterocycles. The van der Waals surface area contributed by atoms with Crippen molar-refractivity contribution in [1.29, 1.82) is 0 Å². The number of carbonyl (C=O) groups excluding carboxylic acids is 1. The maximum Gasteiger partial charge on any atom is 0.258 e. The van der Waals surface area contributed by atoms with E-state index in [-0.39, 0.29) is 18.3 Å². The molecule has 144 valence electrons. The van der Waals surface area contributed by atoms with E-state index in [1.165, 1.54) is 0 Å². The standard InChI is InChI=1S/C21H23ClN2O2.ClH/c22-16-7-5-15(6-8-16)14-26-20-4-2-1-3-19(20)21(25)24-17-9-10-18(24)13-23-12-11-17;/h1-8,17-18,23H,9-14H2;1H. The SMILES string of the molecule is Cl.O=C(c1ccccc1OCc1ccc(Cl)cc1)N1C2CCNCC1CC2. The Hall–Kier alpha value is -1.75. The lowest BCUT2D eigenvalue weighted by Gasteiger charge is -2.28. The first kappa shape index (κ1) is 20.0. The summed E-state index contributed by atoms with van der Waals surface area (Å²) in [5, 5.41) is 4.15. The summed E-state index contributed by atoms with van der Waals surface area (Å²) < 4.78 is 5.99. The van der Waals surface area contributed by atoms with Gasteiger partial charge in [-0.15, -0.1) is 12.4 Å². The molecule has 0 aliphatic carbocycles. The van der Waals surface area contributed by atoms with Crippen LogP contribution in [-0.4, -0.2) is 36.0 Å². The van der Waals surface area contributed by atoms with Crippen molar-refractivity contribution in [2.24, 2.45) is 0 Å². The monoisotopic (exact) mass is 406 g/mol. The first-order chi connectivity index (χ1) is 12.7. The van der Waals surface area contributed by atoms with Crippen LogP contribution in [0.5, 0.6) is 5.75 Å². The molecule has 2 bridgehead atoms. The van der Waals surface area contributed by atoms with Crippen molar-refractivity contribution in [1.82, 2.24) is 10.2 Å². The van der Waals surface area contributed by atoms with E-state index in [4.69, 9.17) is 16.3 Å². The molecule has 2 aliphatic heterocycles. The number of carbonyl (C=O) groups is 1. The van der Waals surface area contributed by atoms with E-state index < -0.39 is 0 Å². The molecule has 2 aromatic rings. The van der Waals surface area contributed by atoms with Crippen LogP contribution in [-0.2, 0) is 6.61 Å². The molecular weight excluding hydrogens is 383 g/mol. The minimum absolute atomic E-state index is 0. The Labute approximate surface area is 171 Å². The Bertz CT molecular complexity index is 768. The highest BCUT2D eigenvalue weighted by Gasteiger charge is 2.39. The van der Waals surface area contributed by atoms with Crippen LogP contribution < -0.4 is 10.1 Å². The summed E-state index contributed by atoms with van der Waals surface area (Å²) in [6, 6.07) is 15.8. The minimum atomic E-state index is 0. The number of ether oxygens (including phenoxy) is 1. The number of nitrogens with zero attached hydrogens (tertiary/aromatic N) is 1. The summed E-state index contributed by atoms with van der Waals surface area (Å²) in [6.07, 6.45) is 3.21. The van der Waals surface area contributed by atoms with Gasteiger partial charge in [-0.1, -0.05) is 35.9 Å². The Balaban J connectivity index is 0.00000210. The summed E-state index contributed by atoms with van der Waals surface area (Å²) in [5.74, 6) is 0.733. The van der Waals surface area contributed by atoms with E-state index >= 15 is 0 Å². The maximum absolute atomic E-state index is 13.3. The third-order valence-electron chi connectivity index (χ3n) is 5.31. The molecular formula is C21H24Cl2N2O2. The molecule has 2 fully saturated rings. The Kier molecular flexibility index (Phi) is 6.64. The fourth-order valence-corrected chi connectivity index (χ4v) is 4.09. The zero-order valence-corrected chi connectivity index (χ0v) is 16.6. The quantitative estimate of drug-likeness (QED) is 0.822. The highest BCUT2D eigenvalue weighted by atomic mass is 35.5. The smallest absolute Gasteiger partial charge is 0.258 e. The molecule has 0 radical (unpaired) electrons. The summed E-state index contributed by atoms with van der Waals surface area (Å²) >= 11 is 5.93. The molecule has 1 N–H and O–H groups in total. The number of halogens is 2. The van der Waals surface area contributed by atoms with Crippen molar-refractivity contribution >= 4 is 29.9 Å². The van der Waals surface area contributed by atoms with Crippen molar-refractivity contribution in [2.45, 2.75) is 38.0 Å². The number of amides is 1. The van der Waals surface area contributed by atoms with Gasteiger partial charge in [0.2, 0.25) is 0 Å². The van der Waals surface area contributed by atoms with Gasteiger partial charge in [-0.3, -0.25) is 4.79 Å². The second-order valence-corrected chi connectivity index (χ2v) is 7.44. The lowest BCUT2D eigenvalue weighted by Crippen LogP contribution is -2.42. The molecule has 0 saturated carbocycles. The third kappa shape index (κ3) is 4.40. The molecule has 2 aromatic carbocycles. The average Bonchev–Trinajstić information content (AvgIpc) is 2.93. The van der Waals surface area contributed by atoms with Gasteiger partial charge < -0.3 is 15.0 Å². The normalized spacial score (nSPS) is 21.3. The Morgan fingerprint density at radius 2 is 1.81 bits per heavy atom. The minimum Gasteiger partial charge on any atom is -0.488 e. The van der Waals surface area contributed by atoms with E-state index in [1.54, 1.807) is 0 Å². The van der Waals surface area contributed by atoms with Gasteiger partial charge in [-0.2, -0.15) is 0 Å². The van der Waals surface area contributed by atoms with Gasteiger partial charge in [0.25, 0.3) is 5.91 Å². The molecule has 4 nitrogen and oxygen atoms in total. The number of hydrogen-bond acceptors (Lipinski definition) is 3. The molecule has 0 spiro atoms. The molecule has 27 heavy (non-hydrogen) atoms. The van der Waals surface area contributed by atoms with Crippen LogP contribution in [0, 0.1) is 0 Å². The van der Waals surface area contributed by atoms with E-state index in [0.717, 1.165) is 37.9 Å². The number of rotatable bonds is 4. The summed E-state index contributed by atoms with van der Waals surface area (Å²) in [6.45, 7) is 2.28. The van der Waals surface area contributed by atoms with Crippen LogP contribution in [0.1, 0.15) is 35.2 Å². The predicted molar refractivity (Wildman–Crippen MR) is 110 cm³/mol. The van der Waals surface area contributed by atoms with Gasteiger partial charge in [0.05, 0.1) is 5.56 Å². The zero-order valence-electron chi connectivity index (χ0n) is 15.1. The first-order valence-corrected chi connectivity index (χ1v) is 9.60. The lowest BCUT2D eigenvalue weighted by molar-refractivity contribution is 0.0675. The fourth-order valence-electron chi connectivity index (χ4n) is 3.96. The van der Waals surface area contributed by atoms with Crippen LogP contribution in [0.2, 0.25) is 5.02 Å². The van der Waals surface area contributed by atoms with Crippen molar-refractivity contribution < 1.29 is 9.53 Å². The second-order valence-electron chi connectivity index (χ2n) is 7.00. The van der Waals surface area contributed by atoms with Crippen LogP contribution in [0.15, 0.2) is 48.5 Å². The maximum atomic E-state index is 13.3. The molecule has 2 aliphatic rings. The predicted octanol–water partition coefficient (Wildman–Crippen LogP) is 4.31. The summed E-state index contributed by atoms with van der Waals surface area (Å²) in [4.78, 5) is 15.4. The largest absolute Gasteiger partial charge is 0.488 e. The number of para-hydroxylation sites is 1. The van der Waals surface area contributed by atoms with Gasteiger partial charge in [-0.05, 0) is 55.6 Å². The molecule has 2 atom stereocenters. The highest BCUT2D eigenvalue weighted by molar-refractivity contribution is 6.30. The van der Waals surface area contributed by atoms with Crippen LogP contribution >= 0.6 is 24.0 Å². The van der Waals surface area contributed by atoms with Gasteiger partial charge in [0.15, 0.2) is 0 Å². The number of hydrogen-bond donors (Lipinski definition) is 1. The topological polar surface area (TPSA) is 41.6 Å². The van der Waals surface area contributed by atoms with Crippen molar-refractivity contribution in [2.75, 3.05) is 13.1 Å². The van der Waals surface area contributed by atoms with Crippen molar-refractivity contribution in [3.05, 3.63) is 64.7 Å². The second kappa shape index (κ2) is 8.96. The van der Waals surface area contributed by atoms with E-state index in [0.29, 0.717) is 35.0 Å². The van der Waals surface area contributed by atoms with E-state index in [9.17, 15) is 4.79 Å². The molecule has 2 heterocycles. The summed E-state index contributed by atoms with van der Waals surface area (Å²) in [7, 11) is 0. The Morgan fingerprint density at radius 3 is 2.63 bits per heavy atom. The average molecular weight is 407 g/mol. The van der Waals surface area contributed by atoms with Gasteiger partial charge in [-0.25, -0.2) is 0 Å². The van der Waals surface area contributed by atoms with E-state index in [1.807, 2.05) is 48.5 Å². The molecule has 6 heteroatoms. The number of nitrogens with one attached hydrogen (secondary N) is 1. The first-order valence-electron chi connectivity index (χ1n) is 9.22. The van der Waals surface area contributed by atoms with Crippen LogP contribution in [0.4, 0.5) is 0 Å². The fraction of sp³-hybridized carbons (Fsp3) is 0.381. The summed E-state index contributed by atoms with van der Waals surface area (Å²) in [5.41, 5.74) is 1.68. The Morgan fingerprint density at radius 1 is 1.07 bits per heavy atom. The molecule has 1 amide bonds. The van der Waals surface area contributed by atoms with Crippen LogP contribution in [0.25, 0.3) is 0 Å². The zero-order chi connectivity index (χ0) is 17.9. The highest BCUT2D eigenvalue weighted by Crippen LogP contribution is 2.32. The number of benzene rings is 2. The van der Waals surface area contributed by atoms with Crippen LogP contribution in [0.3, 0.4) is 0 Å².